The van der Waals surface area contributed by atoms with Gasteiger partial charge in [0.05, 0.1) is 13.2 Å². The standard InChI is InChI=1S/C18H30N2O/c1-4-17-14-21-13-12-20(17)11-10-18(19-5-2)16-8-6-15(3)7-9-16/h6-9,17-19H,4-5,10-14H2,1-3H3. The van der Waals surface area contributed by atoms with Gasteiger partial charge in [0.1, 0.15) is 0 Å². The zero-order valence-electron chi connectivity index (χ0n) is 13.8. The average molecular weight is 290 g/mol. The lowest BCUT2D eigenvalue weighted by atomic mass is 10.0. The number of morpholine rings is 1. The van der Waals surface area contributed by atoms with Gasteiger partial charge >= 0.3 is 0 Å². The van der Waals surface area contributed by atoms with E-state index in [9.17, 15) is 0 Å². The van der Waals surface area contributed by atoms with E-state index in [-0.39, 0.29) is 0 Å². The van der Waals surface area contributed by atoms with Gasteiger partial charge in [-0.05, 0) is 31.9 Å². The minimum atomic E-state index is 0.455. The molecule has 0 aliphatic carbocycles. The molecule has 1 aliphatic heterocycles. The Balaban J connectivity index is 1.94. The fraction of sp³-hybridized carbons (Fsp3) is 0.667. The molecular weight excluding hydrogens is 260 g/mol. The van der Waals surface area contributed by atoms with E-state index in [2.05, 4.69) is 55.3 Å². The molecule has 118 valence electrons. The van der Waals surface area contributed by atoms with Crippen LogP contribution in [0.25, 0.3) is 0 Å². The summed E-state index contributed by atoms with van der Waals surface area (Å²) in [6.45, 7) is 11.6. The Morgan fingerprint density at radius 3 is 2.71 bits per heavy atom. The molecule has 21 heavy (non-hydrogen) atoms. The third-order valence-corrected chi connectivity index (χ3v) is 4.46. The van der Waals surface area contributed by atoms with Crippen molar-refractivity contribution in [3.05, 3.63) is 35.4 Å². The lowest BCUT2D eigenvalue weighted by molar-refractivity contribution is -0.0100. The van der Waals surface area contributed by atoms with Crippen LogP contribution < -0.4 is 5.32 Å². The van der Waals surface area contributed by atoms with Gasteiger partial charge in [-0.3, -0.25) is 4.90 Å². The molecule has 0 saturated carbocycles. The number of benzene rings is 1. The van der Waals surface area contributed by atoms with Crippen LogP contribution in [0.15, 0.2) is 24.3 Å². The molecule has 3 nitrogen and oxygen atoms in total. The van der Waals surface area contributed by atoms with E-state index in [4.69, 9.17) is 4.74 Å². The number of rotatable bonds is 7. The Labute approximate surface area is 129 Å². The Hall–Kier alpha value is -0.900. The van der Waals surface area contributed by atoms with Crippen molar-refractivity contribution in [2.45, 2.75) is 45.7 Å². The largest absolute Gasteiger partial charge is 0.378 e. The zero-order chi connectivity index (χ0) is 15.1. The molecule has 0 spiro atoms. The van der Waals surface area contributed by atoms with E-state index in [0.29, 0.717) is 12.1 Å². The summed E-state index contributed by atoms with van der Waals surface area (Å²) in [4.78, 5) is 2.60. The quantitative estimate of drug-likeness (QED) is 0.835. The van der Waals surface area contributed by atoms with Gasteiger partial charge < -0.3 is 10.1 Å². The lowest BCUT2D eigenvalue weighted by Crippen LogP contribution is -2.46. The first-order valence-corrected chi connectivity index (χ1v) is 8.36. The van der Waals surface area contributed by atoms with Gasteiger partial charge in [0, 0.05) is 25.2 Å². The number of aryl methyl sites for hydroxylation is 1. The number of ether oxygens (including phenoxy) is 1. The van der Waals surface area contributed by atoms with Crippen molar-refractivity contribution in [3.63, 3.8) is 0 Å². The van der Waals surface area contributed by atoms with Crippen molar-refractivity contribution in [1.82, 2.24) is 10.2 Å². The van der Waals surface area contributed by atoms with Crippen LogP contribution in [0.3, 0.4) is 0 Å². The topological polar surface area (TPSA) is 24.5 Å². The van der Waals surface area contributed by atoms with E-state index in [0.717, 1.165) is 39.3 Å². The highest BCUT2D eigenvalue weighted by Crippen LogP contribution is 2.20. The minimum Gasteiger partial charge on any atom is -0.378 e. The second-order valence-corrected chi connectivity index (χ2v) is 5.98. The van der Waals surface area contributed by atoms with Crippen LogP contribution >= 0.6 is 0 Å². The Morgan fingerprint density at radius 1 is 1.29 bits per heavy atom. The fourth-order valence-electron chi connectivity index (χ4n) is 3.09. The number of hydrogen-bond donors (Lipinski definition) is 1. The first kappa shape index (κ1) is 16.5. The maximum absolute atomic E-state index is 5.60. The van der Waals surface area contributed by atoms with Gasteiger partial charge in [0.25, 0.3) is 0 Å². The molecule has 0 radical (unpaired) electrons. The maximum atomic E-state index is 5.60. The molecule has 2 rings (SSSR count). The second-order valence-electron chi connectivity index (χ2n) is 5.98. The Bertz CT molecular complexity index is 404. The summed E-state index contributed by atoms with van der Waals surface area (Å²) in [5, 5.41) is 3.63. The van der Waals surface area contributed by atoms with E-state index >= 15 is 0 Å². The van der Waals surface area contributed by atoms with E-state index in [1.165, 1.54) is 17.5 Å². The lowest BCUT2D eigenvalue weighted by Gasteiger charge is -2.36. The van der Waals surface area contributed by atoms with Crippen molar-refractivity contribution < 1.29 is 4.74 Å². The zero-order valence-corrected chi connectivity index (χ0v) is 13.8. The van der Waals surface area contributed by atoms with Crippen LogP contribution in [0, 0.1) is 6.92 Å². The third-order valence-electron chi connectivity index (χ3n) is 4.46. The van der Waals surface area contributed by atoms with Gasteiger partial charge in [-0.2, -0.15) is 0 Å². The van der Waals surface area contributed by atoms with Gasteiger partial charge in [-0.15, -0.1) is 0 Å². The summed E-state index contributed by atoms with van der Waals surface area (Å²) in [5.74, 6) is 0. The van der Waals surface area contributed by atoms with E-state index in [1.807, 2.05) is 0 Å². The molecule has 0 bridgehead atoms. The molecule has 1 saturated heterocycles. The van der Waals surface area contributed by atoms with Crippen molar-refractivity contribution in [1.29, 1.82) is 0 Å². The predicted octanol–water partition coefficient (Wildman–Crippen LogP) is 3.15. The molecule has 3 heteroatoms. The number of hydrogen-bond acceptors (Lipinski definition) is 3. The van der Waals surface area contributed by atoms with Crippen LogP contribution in [0.2, 0.25) is 0 Å². The number of nitrogens with one attached hydrogen (secondary N) is 1. The molecule has 1 heterocycles. The summed E-state index contributed by atoms with van der Waals surface area (Å²) < 4.78 is 5.60. The molecule has 0 amide bonds. The molecule has 2 unspecified atom stereocenters. The molecular formula is C18H30N2O. The predicted molar refractivity (Wildman–Crippen MR) is 88.7 cm³/mol. The monoisotopic (exact) mass is 290 g/mol. The molecule has 1 aromatic rings. The van der Waals surface area contributed by atoms with Gasteiger partial charge in [0.2, 0.25) is 0 Å². The maximum Gasteiger partial charge on any atom is 0.0622 e. The SMILES string of the molecule is CCNC(CCN1CCOCC1CC)c1ccc(C)cc1. The smallest absolute Gasteiger partial charge is 0.0622 e. The van der Waals surface area contributed by atoms with Crippen molar-refractivity contribution in [3.8, 4) is 0 Å². The van der Waals surface area contributed by atoms with Crippen LogP contribution in [0.5, 0.6) is 0 Å². The van der Waals surface area contributed by atoms with E-state index in [1.54, 1.807) is 0 Å². The normalized spacial score (nSPS) is 21.4. The van der Waals surface area contributed by atoms with Crippen LogP contribution in [-0.2, 0) is 4.74 Å². The Kier molecular flexibility index (Phi) is 6.68. The highest BCUT2D eigenvalue weighted by atomic mass is 16.5. The third kappa shape index (κ3) is 4.80. The van der Waals surface area contributed by atoms with Gasteiger partial charge in [-0.1, -0.05) is 43.7 Å². The molecule has 1 N–H and O–H groups in total. The molecule has 0 aromatic heterocycles. The highest BCUT2D eigenvalue weighted by molar-refractivity contribution is 5.24. The van der Waals surface area contributed by atoms with Gasteiger partial charge in [-0.25, -0.2) is 0 Å². The Morgan fingerprint density at radius 2 is 2.05 bits per heavy atom. The summed E-state index contributed by atoms with van der Waals surface area (Å²) in [5.41, 5.74) is 2.73. The molecule has 1 fully saturated rings. The fourth-order valence-corrected chi connectivity index (χ4v) is 3.09. The number of nitrogens with zero attached hydrogens (tertiary/aromatic N) is 1. The first-order chi connectivity index (χ1) is 10.2. The molecule has 2 atom stereocenters. The highest BCUT2D eigenvalue weighted by Gasteiger charge is 2.22. The van der Waals surface area contributed by atoms with E-state index < -0.39 is 0 Å². The molecule has 1 aromatic carbocycles. The average Bonchev–Trinajstić information content (AvgIpc) is 2.52. The summed E-state index contributed by atoms with van der Waals surface area (Å²) in [7, 11) is 0. The van der Waals surface area contributed by atoms with Gasteiger partial charge in [0.15, 0.2) is 0 Å². The second kappa shape index (κ2) is 8.52. The minimum absolute atomic E-state index is 0.455. The summed E-state index contributed by atoms with van der Waals surface area (Å²) >= 11 is 0. The summed E-state index contributed by atoms with van der Waals surface area (Å²) in [6.07, 6.45) is 2.34. The summed E-state index contributed by atoms with van der Waals surface area (Å²) in [6, 6.07) is 10.0. The van der Waals surface area contributed by atoms with Crippen LogP contribution in [0.1, 0.15) is 43.9 Å². The van der Waals surface area contributed by atoms with Crippen LogP contribution in [-0.4, -0.2) is 43.8 Å². The van der Waals surface area contributed by atoms with Crippen molar-refractivity contribution in [2.24, 2.45) is 0 Å². The van der Waals surface area contributed by atoms with Crippen LogP contribution in [0.4, 0.5) is 0 Å². The first-order valence-electron chi connectivity index (χ1n) is 8.36. The van der Waals surface area contributed by atoms with Crippen molar-refractivity contribution >= 4 is 0 Å². The molecule has 1 aliphatic rings. The van der Waals surface area contributed by atoms with Crippen molar-refractivity contribution in [2.75, 3.05) is 32.8 Å².